The molecule has 2 amide bonds. The smallest absolute Gasteiger partial charge is 0.273 e. The molecular formula is C25H28BrN5O2. The van der Waals surface area contributed by atoms with Gasteiger partial charge in [0.15, 0.2) is 5.69 Å². The van der Waals surface area contributed by atoms with Crippen molar-refractivity contribution in [2.45, 2.75) is 26.7 Å². The lowest BCUT2D eigenvalue weighted by atomic mass is 10.1. The van der Waals surface area contributed by atoms with Crippen LogP contribution < -0.4 is 16.0 Å². The maximum Gasteiger partial charge on any atom is 0.273 e. The van der Waals surface area contributed by atoms with Crippen LogP contribution in [0.1, 0.15) is 41.4 Å². The van der Waals surface area contributed by atoms with Crippen molar-refractivity contribution in [3.63, 3.8) is 0 Å². The van der Waals surface area contributed by atoms with Crippen molar-refractivity contribution in [3.05, 3.63) is 82.5 Å². The molecule has 1 aromatic heterocycles. The van der Waals surface area contributed by atoms with Crippen LogP contribution >= 0.6 is 15.9 Å². The van der Waals surface area contributed by atoms with E-state index in [0.29, 0.717) is 22.5 Å². The van der Waals surface area contributed by atoms with Crippen LogP contribution in [0.25, 0.3) is 11.4 Å². The van der Waals surface area contributed by atoms with Gasteiger partial charge in [0.2, 0.25) is 5.91 Å². The number of hydrogen-bond acceptors (Lipinski definition) is 4. The molecule has 1 heterocycles. The summed E-state index contributed by atoms with van der Waals surface area (Å²) in [4.78, 5) is 24.8. The molecule has 3 N–H and O–H groups in total. The molecule has 0 saturated heterocycles. The van der Waals surface area contributed by atoms with Gasteiger partial charge in [0.05, 0.1) is 16.7 Å². The van der Waals surface area contributed by atoms with Crippen LogP contribution in [-0.2, 0) is 4.79 Å². The lowest BCUT2D eigenvalue weighted by molar-refractivity contribution is -0.120. The Morgan fingerprint density at radius 3 is 2.45 bits per heavy atom. The molecule has 0 unspecified atom stereocenters. The van der Waals surface area contributed by atoms with E-state index in [-0.39, 0.29) is 18.1 Å². The molecule has 2 aromatic carbocycles. The zero-order valence-corrected chi connectivity index (χ0v) is 20.4. The Labute approximate surface area is 202 Å². The molecule has 7 nitrogen and oxygen atoms in total. The van der Waals surface area contributed by atoms with Crippen LogP contribution in [0.5, 0.6) is 0 Å². The van der Waals surface area contributed by atoms with Gasteiger partial charge < -0.3 is 16.0 Å². The van der Waals surface area contributed by atoms with Crippen LogP contribution in [0.4, 0.5) is 5.82 Å². The summed E-state index contributed by atoms with van der Waals surface area (Å²) in [6.07, 6.45) is 1.88. The molecule has 0 bridgehead atoms. The summed E-state index contributed by atoms with van der Waals surface area (Å²) >= 11 is 3.53. The summed E-state index contributed by atoms with van der Waals surface area (Å²) in [5.41, 5.74) is 3.65. The highest BCUT2D eigenvalue weighted by atomic mass is 79.9. The number of amides is 2. The number of aryl methyl sites for hydroxylation is 1. The van der Waals surface area contributed by atoms with Gasteiger partial charge in [-0.1, -0.05) is 62.4 Å². The van der Waals surface area contributed by atoms with Crippen molar-refractivity contribution >= 4 is 39.3 Å². The number of rotatable bonds is 10. The molecule has 0 aliphatic carbocycles. The Morgan fingerprint density at radius 1 is 1.06 bits per heavy atom. The molecule has 33 heavy (non-hydrogen) atoms. The standard InChI is InChI=1S/C25H28BrN5O2/c1-4-5-15-27-21(32)16-28-25(33)23-22(26)24(31(30-23)19-12-7-6-8-13-19)29-18(3)20-14-10-9-11-17(20)2/h6-14,29H,3-5,15-16H2,1-2H3,(H,27,32)(H,28,33). The molecule has 0 saturated carbocycles. The third-order valence-corrected chi connectivity index (χ3v) is 5.80. The number of hydrogen-bond donors (Lipinski definition) is 3. The molecule has 0 aliphatic heterocycles. The molecule has 0 fully saturated rings. The predicted octanol–water partition coefficient (Wildman–Crippen LogP) is 4.67. The second kappa shape index (κ2) is 11.5. The third-order valence-electron chi connectivity index (χ3n) is 5.04. The number of carbonyl (C=O) groups is 2. The molecule has 8 heteroatoms. The van der Waals surface area contributed by atoms with Gasteiger partial charge in [-0.25, -0.2) is 4.68 Å². The third kappa shape index (κ3) is 6.10. The number of halogens is 1. The second-order valence-electron chi connectivity index (χ2n) is 7.56. The number of nitrogens with one attached hydrogen (secondary N) is 3. The molecule has 0 spiro atoms. The lowest BCUT2D eigenvalue weighted by Crippen LogP contribution is -2.37. The highest BCUT2D eigenvalue weighted by Gasteiger charge is 2.23. The predicted molar refractivity (Wildman–Crippen MR) is 135 cm³/mol. The van der Waals surface area contributed by atoms with Gasteiger partial charge in [-0.15, -0.1) is 0 Å². The van der Waals surface area contributed by atoms with Gasteiger partial charge >= 0.3 is 0 Å². The summed E-state index contributed by atoms with van der Waals surface area (Å²) in [5.74, 6) is -0.125. The van der Waals surface area contributed by atoms with Crippen molar-refractivity contribution in [1.29, 1.82) is 0 Å². The number of nitrogens with zero attached hydrogens (tertiary/aromatic N) is 2. The van der Waals surface area contributed by atoms with Crippen molar-refractivity contribution in [2.24, 2.45) is 0 Å². The van der Waals surface area contributed by atoms with E-state index in [9.17, 15) is 9.59 Å². The first kappa shape index (κ1) is 24.3. The lowest BCUT2D eigenvalue weighted by Gasteiger charge is -2.14. The first-order chi connectivity index (χ1) is 15.9. The van der Waals surface area contributed by atoms with E-state index < -0.39 is 5.91 Å². The summed E-state index contributed by atoms with van der Waals surface area (Å²) < 4.78 is 2.12. The monoisotopic (exact) mass is 509 g/mol. The fraction of sp³-hybridized carbons (Fsp3) is 0.240. The SMILES string of the molecule is C=C(Nc1c(Br)c(C(=O)NCC(=O)NCCCC)nn1-c1ccccc1)c1ccccc1C. The average molecular weight is 510 g/mol. The number of carbonyl (C=O) groups excluding carboxylic acids is 2. The van der Waals surface area contributed by atoms with Gasteiger partial charge in [0.25, 0.3) is 5.91 Å². The minimum absolute atomic E-state index is 0.119. The Morgan fingerprint density at radius 2 is 1.76 bits per heavy atom. The summed E-state index contributed by atoms with van der Waals surface area (Å²) in [5, 5.41) is 13.3. The fourth-order valence-electron chi connectivity index (χ4n) is 3.24. The maximum atomic E-state index is 12.9. The van der Waals surface area contributed by atoms with Crippen LogP contribution in [0.15, 0.2) is 65.6 Å². The highest BCUT2D eigenvalue weighted by molar-refractivity contribution is 9.10. The zero-order valence-electron chi connectivity index (χ0n) is 18.8. The average Bonchev–Trinajstić information content (AvgIpc) is 3.14. The van der Waals surface area contributed by atoms with Crippen molar-refractivity contribution in [3.8, 4) is 5.69 Å². The van der Waals surface area contributed by atoms with E-state index in [1.807, 2.05) is 68.4 Å². The summed E-state index contributed by atoms with van der Waals surface area (Å²) in [6.45, 7) is 8.71. The first-order valence-corrected chi connectivity index (χ1v) is 11.6. The molecule has 3 aromatic rings. The summed E-state index contributed by atoms with van der Waals surface area (Å²) in [7, 11) is 0. The maximum absolute atomic E-state index is 12.9. The Bertz CT molecular complexity index is 1140. The molecule has 172 valence electrons. The van der Waals surface area contributed by atoms with E-state index >= 15 is 0 Å². The minimum Gasteiger partial charge on any atom is -0.355 e. The van der Waals surface area contributed by atoms with Gasteiger partial charge in [-0.3, -0.25) is 9.59 Å². The molecule has 0 atom stereocenters. The summed E-state index contributed by atoms with van der Waals surface area (Å²) in [6, 6.07) is 17.4. The Balaban J connectivity index is 1.86. The van der Waals surface area contributed by atoms with E-state index in [1.54, 1.807) is 4.68 Å². The highest BCUT2D eigenvalue weighted by Crippen LogP contribution is 2.32. The Kier molecular flexibility index (Phi) is 8.43. The number of para-hydroxylation sites is 1. The van der Waals surface area contributed by atoms with Crippen LogP contribution in [0.2, 0.25) is 0 Å². The van der Waals surface area contributed by atoms with Crippen LogP contribution in [-0.4, -0.2) is 34.7 Å². The van der Waals surface area contributed by atoms with Gasteiger partial charge in [-0.2, -0.15) is 5.10 Å². The largest absolute Gasteiger partial charge is 0.355 e. The number of anilines is 1. The first-order valence-electron chi connectivity index (χ1n) is 10.8. The fourth-order valence-corrected chi connectivity index (χ4v) is 3.77. The van der Waals surface area contributed by atoms with Crippen LogP contribution in [0, 0.1) is 6.92 Å². The quantitative estimate of drug-likeness (QED) is 0.346. The van der Waals surface area contributed by atoms with Crippen LogP contribution in [0.3, 0.4) is 0 Å². The van der Waals surface area contributed by atoms with E-state index in [0.717, 1.165) is 29.7 Å². The van der Waals surface area contributed by atoms with Crippen molar-refractivity contribution in [2.75, 3.05) is 18.4 Å². The number of unbranched alkanes of at least 4 members (excludes halogenated alkanes) is 1. The number of benzene rings is 2. The molecular weight excluding hydrogens is 482 g/mol. The van der Waals surface area contributed by atoms with Crippen molar-refractivity contribution in [1.82, 2.24) is 20.4 Å². The topological polar surface area (TPSA) is 88.1 Å². The minimum atomic E-state index is -0.452. The normalized spacial score (nSPS) is 10.5. The molecule has 3 rings (SSSR count). The van der Waals surface area contributed by atoms with E-state index in [1.165, 1.54) is 0 Å². The van der Waals surface area contributed by atoms with Crippen molar-refractivity contribution < 1.29 is 9.59 Å². The second-order valence-corrected chi connectivity index (χ2v) is 8.36. The number of aromatic nitrogens is 2. The zero-order chi connectivity index (χ0) is 23.8. The van der Waals surface area contributed by atoms with Gasteiger partial charge in [0, 0.05) is 17.8 Å². The molecule has 0 aliphatic rings. The van der Waals surface area contributed by atoms with E-state index in [4.69, 9.17) is 0 Å². The van der Waals surface area contributed by atoms with E-state index in [2.05, 4.69) is 43.6 Å². The Hall–Kier alpha value is -3.39. The molecule has 0 radical (unpaired) electrons. The van der Waals surface area contributed by atoms with Gasteiger partial charge in [0.1, 0.15) is 5.82 Å². The van der Waals surface area contributed by atoms with Gasteiger partial charge in [-0.05, 0) is 47.0 Å².